The monoisotopic (exact) mass is 403 g/mol. The molecule has 0 radical (unpaired) electrons. The summed E-state index contributed by atoms with van der Waals surface area (Å²) in [6.07, 6.45) is 0.620. The third-order valence-corrected chi connectivity index (χ3v) is 4.95. The van der Waals surface area contributed by atoms with Crippen LogP contribution in [0.5, 0.6) is 0 Å². The van der Waals surface area contributed by atoms with E-state index < -0.39 is 0 Å². The van der Waals surface area contributed by atoms with Gasteiger partial charge in [-0.15, -0.1) is 0 Å². The highest BCUT2D eigenvalue weighted by atomic mass is 79.9. The number of amides is 1. The molecule has 1 unspecified atom stereocenters. The van der Waals surface area contributed by atoms with Gasteiger partial charge in [0.2, 0.25) is 5.91 Å². The average molecular weight is 404 g/mol. The van der Waals surface area contributed by atoms with Gasteiger partial charge in [-0.1, -0.05) is 40.2 Å². The highest BCUT2D eigenvalue weighted by molar-refractivity contribution is 9.10. The molecule has 0 spiro atoms. The molecule has 1 amide bonds. The van der Waals surface area contributed by atoms with Crippen molar-refractivity contribution in [2.75, 3.05) is 7.05 Å². The fourth-order valence-corrected chi connectivity index (χ4v) is 3.09. The Morgan fingerprint density at radius 2 is 2.00 bits per heavy atom. The van der Waals surface area contributed by atoms with Crippen LogP contribution in [0.25, 0.3) is 11.0 Å². The number of aryl methyl sites for hydroxylation is 1. The van der Waals surface area contributed by atoms with E-state index in [0.717, 1.165) is 16.7 Å². The van der Waals surface area contributed by atoms with E-state index in [1.54, 1.807) is 24.1 Å². The van der Waals surface area contributed by atoms with Crippen LogP contribution in [0, 0.1) is 5.82 Å². The van der Waals surface area contributed by atoms with Crippen molar-refractivity contribution in [1.29, 1.82) is 0 Å². The molecule has 0 N–H and O–H groups in total. The Morgan fingerprint density at radius 3 is 2.72 bits per heavy atom. The van der Waals surface area contributed by atoms with Crippen LogP contribution >= 0.6 is 15.9 Å². The van der Waals surface area contributed by atoms with Gasteiger partial charge in [0.15, 0.2) is 0 Å². The largest absolute Gasteiger partial charge is 0.459 e. The normalized spacial score (nSPS) is 12.3. The number of para-hydroxylation sites is 1. The van der Waals surface area contributed by atoms with Crippen molar-refractivity contribution in [3.8, 4) is 0 Å². The van der Waals surface area contributed by atoms with Gasteiger partial charge in [-0.05, 0) is 43.2 Å². The lowest BCUT2D eigenvalue weighted by atomic mass is 10.1. The first-order chi connectivity index (χ1) is 12.0. The minimum atomic E-state index is -0.296. The lowest BCUT2D eigenvalue weighted by molar-refractivity contribution is -0.132. The summed E-state index contributed by atoms with van der Waals surface area (Å²) in [5, 5.41) is 1.02. The van der Waals surface area contributed by atoms with Crippen LogP contribution < -0.4 is 0 Å². The van der Waals surface area contributed by atoms with E-state index in [2.05, 4.69) is 15.9 Å². The summed E-state index contributed by atoms with van der Waals surface area (Å²) in [5.74, 6) is 0.400. The minimum absolute atomic E-state index is 0.0460. The zero-order valence-corrected chi connectivity index (χ0v) is 15.7. The molecular weight excluding hydrogens is 385 g/mol. The first-order valence-electron chi connectivity index (χ1n) is 8.14. The quantitative estimate of drug-likeness (QED) is 0.564. The average Bonchev–Trinajstić information content (AvgIpc) is 3.03. The highest BCUT2D eigenvalue weighted by Crippen LogP contribution is 2.27. The second-order valence-electron chi connectivity index (χ2n) is 6.10. The summed E-state index contributed by atoms with van der Waals surface area (Å²) in [5.41, 5.74) is 1.35. The van der Waals surface area contributed by atoms with Crippen molar-refractivity contribution < 1.29 is 13.6 Å². The lowest BCUT2D eigenvalue weighted by Gasteiger charge is -2.23. The van der Waals surface area contributed by atoms with Crippen molar-refractivity contribution in [2.45, 2.75) is 25.8 Å². The Morgan fingerprint density at radius 1 is 1.24 bits per heavy atom. The van der Waals surface area contributed by atoms with Crippen molar-refractivity contribution in [3.63, 3.8) is 0 Å². The number of nitrogens with zero attached hydrogens (tertiary/aromatic N) is 1. The van der Waals surface area contributed by atoms with Gasteiger partial charge in [-0.2, -0.15) is 0 Å². The fraction of sp³-hybridized carbons (Fsp3) is 0.250. The van der Waals surface area contributed by atoms with E-state index in [0.29, 0.717) is 16.5 Å². The van der Waals surface area contributed by atoms with Gasteiger partial charge < -0.3 is 9.32 Å². The number of furan rings is 1. The molecule has 0 aliphatic heterocycles. The molecule has 5 heteroatoms. The van der Waals surface area contributed by atoms with Crippen LogP contribution in [0.1, 0.15) is 30.7 Å². The molecule has 3 rings (SSSR count). The van der Waals surface area contributed by atoms with Crippen molar-refractivity contribution in [2.24, 2.45) is 0 Å². The number of hydrogen-bond acceptors (Lipinski definition) is 2. The van der Waals surface area contributed by atoms with Gasteiger partial charge in [-0.3, -0.25) is 4.79 Å². The van der Waals surface area contributed by atoms with E-state index in [1.165, 1.54) is 6.07 Å². The Labute approximate surface area is 154 Å². The van der Waals surface area contributed by atoms with Crippen LogP contribution in [0.2, 0.25) is 0 Å². The van der Waals surface area contributed by atoms with E-state index in [4.69, 9.17) is 4.42 Å². The Hall–Kier alpha value is -2.14. The standard InChI is InChI=1S/C20H19BrFNO2/c1-13(19-11-15-5-3-4-6-18(15)25-19)23(2)20(24)10-8-14-7-9-16(21)12-17(14)22/h3-7,9,11-13H,8,10H2,1-2H3. The summed E-state index contributed by atoms with van der Waals surface area (Å²) in [6.45, 7) is 1.93. The summed E-state index contributed by atoms with van der Waals surface area (Å²) in [7, 11) is 1.75. The maximum absolute atomic E-state index is 13.9. The van der Waals surface area contributed by atoms with E-state index >= 15 is 0 Å². The SMILES string of the molecule is CC(c1cc2ccccc2o1)N(C)C(=O)CCc1ccc(Br)cc1F. The number of hydrogen-bond donors (Lipinski definition) is 0. The summed E-state index contributed by atoms with van der Waals surface area (Å²) in [6, 6.07) is 14.4. The molecule has 0 fully saturated rings. The zero-order valence-electron chi connectivity index (χ0n) is 14.1. The molecule has 0 aliphatic rings. The fourth-order valence-electron chi connectivity index (χ4n) is 2.76. The molecule has 1 heterocycles. The number of carbonyl (C=O) groups excluding carboxylic acids is 1. The third-order valence-electron chi connectivity index (χ3n) is 4.45. The van der Waals surface area contributed by atoms with E-state index in [-0.39, 0.29) is 24.2 Å². The first kappa shape index (κ1) is 17.7. The maximum atomic E-state index is 13.9. The van der Waals surface area contributed by atoms with Crippen molar-refractivity contribution in [3.05, 3.63) is 70.1 Å². The molecule has 3 aromatic rings. The third kappa shape index (κ3) is 3.93. The van der Waals surface area contributed by atoms with Gasteiger partial charge in [0.05, 0.1) is 6.04 Å². The maximum Gasteiger partial charge on any atom is 0.223 e. The number of carbonyl (C=O) groups is 1. The molecule has 1 aromatic heterocycles. The molecule has 0 saturated carbocycles. The number of rotatable bonds is 5. The molecule has 25 heavy (non-hydrogen) atoms. The van der Waals surface area contributed by atoms with Crippen LogP contribution in [0.3, 0.4) is 0 Å². The minimum Gasteiger partial charge on any atom is -0.459 e. The number of benzene rings is 2. The van der Waals surface area contributed by atoms with Crippen molar-refractivity contribution >= 4 is 32.8 Å². The van der Waals surface area contributed by atoms with Crippen LogP contribution in [-0.4, -0.2) is 17.9 Å². The Bertz CT molecular complexity index is 873. The van der Waals surface area contributed by atoms with Gasteiger partial charge in [0, 0.05) is 23.3 Å². The number of fused-ring (bicyclic) bond motifs is 1. The van der Waals surface area contributed by atoms with E-state index in [9.17, 15) is 9.18 Å². The molecule has 1 atom stereocenters. The Kier molecular flexibility index (Phi) is 5.23. The van der Waals surface area contributed by atoms with Crippen molar-refractivity contribution in [1.82, 2.24) is 4.90 Å². The molecular formula is C20H19BrFNO2. The molecule has 0 bridgehead atoms. The zero-order chi connectivity index (χ0) is 18.0. The lowest BCUT2D eigenvalue weighted by Crippen LogP contribution is -2.29. The highest BCUT2D eigenvalue weighted by Gasteiger charge is 2.21. The second kappa shape index (κ2) is 7.40. The van der Waals surface area contributed by atoms with Gasteiger partial charge in [-0.25, -0.2) is 4.39 Å². The molecule has 130 valence electrons. The van der Waals surface area contributed by atoms with Crippen LogP contribution in [0.4, 0.5) is 4.39 Å². The first-order valence-corrected chi connectivity index (χ1v) is 8.93. The predicted octanol–water partition coefficient (Wildman–Crippen LogP) is 5.49. The molecule has 0 aliphatic carbocycles. The van der Waals surface area contributed by atoms with E-state index in [1.807, 2.05) is 37.3 Å². The smallest absolute Gasteiger partial charge is 0.223 e. The van der Waals surface area contributed by atoms with Gasteiger partial charge in [0.25, 0.3) is 0 Å². The predicted molar refractivity (Wildman–Crippen MR) is 99.8 cm³/mol. The van der Waals surface area contributed by atoms with Crippen LogP contribution in [-0.2, 0) is 11.2 Å². The molecule has 2 aromatic carbocycles. The Balaban J connectivity index is 1.66. The van der Waals surface area contributed by atoms with Crippen LogP contribution in [0.15, 0.2) is 57.4 Å². The molecule has 3 nitrogen and oxygen atoms in total. The number of halogens is 2. The second-order valence-corrected chi connectivity index (χ2v) is 7.02. The molecule has 0 saturated heterocycles. The summed E-state index contributed by atoms with van der Waals surface area (Å²) in [4.78, 5) is 14.1. The summed E-state index contributed by atoms with van der Waals surface area (Å²) >= 11 is 3.23. The van der Waals surface area contributed by atoms with Gasteiger partial charge in [0.1, 0.15) is 17.2 Å². The topological polar surface area (TPSA) is 33.5 Å². The summed E-state index contributed by atoms with van der Waals surface area (Å²) < 4.78 is 20.4. The van der Waals surface area contributed by atoms with Gasteiger partial charge >= 0.3 is 0 Å².